The van der Waals surface area contributed by atoms with E-state index in [2.05, 4.69) is 32.7 Å². The van der Waals surface area contributed by atoms with E-state index in [0.29, 0.717) is 5.57 Å². The summed E-state index contributed by atoms with van der Waals surface area (Å²) in [4.78, 5) is 13.7. The molecule has 134 valence electrons. The van der Waals surface area contributed by atoms with Gasteiger partial charge in [-0.05, 0) is 48.2 Å². The minimum absolute atomic E-state index is 0.00494. The molecule has 0 spiro atoms. The van der Waals surface area contributed by atoms with E-state index in [1.54, 1.807) is 13.0 Å². The average molecular weight is 350 g/mol. The summed E-state index contributed by atoms with van der Waals surface area (Å²) in [5.74, 6) is 0.0356. The van der Waals surface area contributed by atoms with Crippen LogP contribution in [0.15, 0.2) is 48.6 Å². The number of hydrogen-bond donors (Lipinski definition) is 2. The topological polar surface area (TPSA) is 63.1 Å². The Kier molecular flexibility index (Phi) is 3.25. The molecular weight excluding hydrogens is 328 g/mol. The van der Waals surface area contributed by atoms with Gasteiger partial charge in [-0.2, -0.15) is 0 Å². The maximum absolute atomic E-state index is 11.8. The summed E-state index contributed by atoms with van der Waals surface area (Å²) in [6.07, 6.45) is 0. The molecule has 6 nitrogen and oxygen atoms in total. The maximum Gasteiger partial charge on any atom is 0.250 e. The van der Waals surface area contributed by atoms with Crippen molar-refractivity contribution < 1.29 is 9.90 Å². The summed E-state index contributed by atoms with van der Waals surface area (Å²) in [6, 6.07) is 11.4. The fourth-order valence-corrected chi connectivity index (χ4v) is 3.01. The second-order valence-corrected chi connectivity index (χ2v) is 7.76. The van der Waals surface area contributed by atoms with Crippen LogP contribution in [-0.4, -0.2) is 25.1 Å². The molecule has 0 atom stereocenters. The number of nitrogens with one attached hydrogen (secondary N) is 1. The van der Waals surface area contributed by atoms with E-state index in [4.69, 9.17) is 0 Å². The van der Waals surface area contributed by atoms with Gasteiger partial charge < -0.3 is 10.4 Å². The van der Waals surface area contributed by atoms with E-state index < -0.39 is 0 Å². The second-order valence-electron chi connectivity index (χ2n) is 7.76. The Bertz CT molecular complexity index is 1150. The summed E-state index contributed by atoms with van der Waals surface area (Å²) in [7, 11) is 0. The number of benzene rings is 2. The van der Waals surface area contributed by atoms with Gasteiger partial charge in [0.1, 0.15) is 22.5 Å². The third-order valence-corrected chi connectivity index (χ3v) is 4.62. The van der Waals surface area contributed by atoms with Crippen molar-refractivity contribution in [2.24, 2.45) is 0 Å². The van der Waals surface area contributed by atoms with Gasteiger partial charge in [0, 0.05) is 11.3 Å². The lowest BCUT2D eigenvalue weighted by molar-refractivity contribution is -0.112. The van der Waals surface area contributed by atoms with Crippen LogP contribution in [0.3, 0.4) is 0 Å². The highest BCUT2D eigenvalue weighted by Crippen LogP contribution is 2.34. The van der Waals surface area contributed by atoms with E-state index >= 15 is 0 Å². The summed E-state index contributed by atoms with van der Waals surface area (Å²) in [5, 5.41) is 13.2. The van der Waals surface area contributed by atoms with E-state index in [1.807, 2.05) is 44.4 Å². The fourth-order valence-electron chi connectivity index (χ4n) is 3.01. The van der Waals surface area contributed by atoms with Gasteiger partial charge in [0.2, 0.25) is 0 Å². The van der Waals surface area contributed by atoms with Crippen molar-refractivity contribution in [3.8, 4) is 11.4 Å². The first-order valence-electron chi connectivity index (χ1n) is 8.53. The number of anilines is 1. The molecule has 4 aromatic rings. The Morgan fingerprint density at radius 1 is 1.08 bits per heavy atom. The third-order valence-electron chi connectivity index (χ3n) is 4.62. The number of phenolic OH excluding ortho intramolecular Hbond substituents is 1. The van der Waals surface area contributed by atoms with Crippen LogP contribution < -0.4 is 5.32 Å². The van der Waals surface area contributed by atoms with Crippen LogP contribution in [0.1, 0.15) is 33.3 Å². The van der Waals surface area contributed by atoms with Crippen LogP contribution in [0.4, 0.5) is 5.69 Å². The van der Waals surface area contributed by atoms with Crippen LogP contribution in [0.2, 0.25) is 0 Å². The van der Waals surface area contributed by atoms with Gasteiger partial charge in [-0.25, -0.2) is 0 Å². The first-order valence-corrected chi connectivity index (χ1v) is 8.53. The highest BCUT2D eigenvalue weighted by atomic mass is 16.3. The Hall–Kier alpha value is -3.15. The van der Waals surface area contributed by atoms with Crippen LogP contribution in [0.25, 0.3) is 16.7 Å². The Morgan fingerprint density at radius 2 is 1.77 bits per heavy atom. The van der Waals surface area contributed by atoms with Gasteiger partial charge in [-0.1, -0.05) is 33.4 Å². The molecule has 0 aliphatic carbocycles. The van der Waals surface area contributed by atoms with Crippen LogP contribution in [0.5, 0.6) is 5.75 Å². The van der Waals surface area contributed by atoms with Crippen molar-refractivity contribution in [1.82, 2.24) is 14.1 Å². The SMILES string of the molecule is C=C(C)C(=O)Nc1ccc2c(c1)n1n(-c3cc(C(C)(C)C)ccc3O)n21. The monoisotopic (exact) mass is 350 g/mol. The summed E-state index contributed by atoms with van der Waals surface area (Å²) in [5.41, 5.74) is 5.07. The number of rotatable bonds is 3. The molecule has 0 saturated heterocycles. The number of amides is 1. The van der Waals surface area contributed by atoms with Gasteiger partial charge in [0.05, 0.1) is 0 Å². The first kappa shape index (κ1) is 16.3. The lowest BCUT2D eigenvalue weighted by Gasteiger charge is -2.19. The van der Waals surface area contributed by atoms with Crippen LogP contribution >= 0.6 is 0 Å². The predicted molar refractivity (Wildman–Crippen MR) is 103 cm³/mol. The normalized spacial score (nSPS) is 12.3. The predicted octanol–water partition coefficient (Wildman–Crippen LogP) is 3.94. The molecule has 6 heteroatoms. The molecule has 2 heterocycles. The molecule has 0 bridgehead atoms. The summed E-state index contributed by atoms with van der Waals surface area (Å²) in [6.45, 7) is 11.8. The first-order chi connectivity index (χ1) is 12.2. The number of aromatic nitrogens is 3. The Labute approximate surface area is 151 Å². The van der Waals surface area contributed by atoms with E-state index in [1.165, 1.54) is 0 Å². The van der Waals surface area contributed by atoms with Gasteiger partial charge in [0.25, 0.3) is 5.91 Å². The molecule has 0 radical (unpaired) electrons. The summed E-state index contributed by atoms with van der Waals surface area (Å²) < 4.78 is 3.93. The molecule has 0 unspecified atom stereocenters. The number of nitrogens with zero attached hydrogens (tertiary/aromatic N) is 3. The standard InChI is InChI=1S/C20H22N4O2/c1-12(2)19(26)21-14-7-8-15-16(11-14)23-22(15)24(23)17-10-13(20(3,4)5)6-9-18(17)25/h6-11,25H,1H2,2-5H3,(H,21,26). The number of aromatic hydroxyl groups is 1. The molecule has 0 saturated carbocycles. The molecule has 0 aliphatic rings. The Balaban J connectivity index is 1.75. The molecule has 4 rings (SSSR count). The van der Waals surface area contributed by atoms with Crippen LogP contribution in [-0.2, 0) is 10.2 Å². The number of hydrogen-bond acceptors (Lipinski definition) is 2. The smallest absolute Gasteiger partial charge is 0.250 e. The summed E-state index contributed by atoms with van der Waals surface area (Å²) >= 11 is 0. The number of fused-ring (bicyclic) bond motifs is 4. The van der Waals surface area contributed by atoms with Gasteiger partial charge >= 0.3 is 0 Å². The Morgan fingerprint density at radius 3 is 2.42 bits per heavy atom. The van der Waals surface area contributed by atoms with Crippen molar-refractivity contribution in [1.29, 1.82) is 0 Å². The van der Waals surface area contributed by atoms with E-state index in [-0.39, 0.29) is 17.1 Å². The lowest BCUT2D eigenvalue weighted by atomic mass is 9.87. The number of phenols is 1. The highest BCUT2D eigenvalue weighted by Gasteiger charge is 2.27. The quantitative estimate of drug-likeness (QED) is 0.550. The molecule has 26 heavy (non-hydrogen) atoms. The largest absolute Gasteiger partial charge is 0.506 e. The van der Waals surface area contributed by atoms with Crippen LogP contribution in [0, 0.1) is 0 Å². The van der Waals surface area contributed by atoms with Crippen molar-refractivity contribution in [2.45, 2.75) is 33.1 Å². The van der Waals surface area contributed by atoms with Gasteiger partial charge in [-0.3, -0.25) is 4.79 Å². The van der Waals surface area contributed by atoms with E-state index in [9.17, 15) is 9.90 Å². The molecular formula is C20H22N4O2. The van der Waals surface area contributed by atoms with E-state index in [0.717, 1.165) is 28.0 Å². The molecule has 0 fully saturated rings. The molecule has 2 aromatic heterocycles. The molecule has 2 N–H and O–H groups in total. The van der Waals surface area contributed by atoms with Gasteiger partial charge in [-0.15, -0.1) is 14.1 Å². The minimum Gasteiger partial charge on any atom is -0.506 e. The minimum atomic E-state index is -0.195. The third kappa shape index (κ3) is 2.37. The molecule has 0 aliphatic heterocycles. The van der Waals surface area contributed by atoms with Gasteiger partial charge in [0.15, 0.2) is 0 Å². The number of carbonyl (C=O) groups excluding carboxylic acids is 1. The second kappa shape index (κ2) is 5.17. The van der Waals surface area contributed by atoms with Crippen molar-refractivity contribution in [3.05, 3.63) is 54.1 Å². The zero-order chi connectivity index (χ0) is 18.8. The number of carbonyl (C=O) groups is 1. The zero-order valence-corrected chi connectivity index (χ0v) is 15.4. The average Bonchev–Trinajstić information content (AvgIpc) is 3.21. The molecule has 2 aromatic carbocycles. The lowest BCUT2D eigenvalue weighted by Crippen LogP contribution is -2.11. The van der Waals surface area contributed by atoms with Crippen molar-refractivity contribution >= 4 is 22.6 Å². The zero-order valence-electron chi connectivity index (χ0n) is 15.4. The highest BCUT2D eigenvalue weighted by molar-refractivity contribution is 6.03. The fraction of sp³-hybridized carbons (Fsp3) is 0.250. The maximum atomic E-state index is 11.8. The van der Waals surface area contributed by atoms with Crippen molar-refractivity contribution in [2.75, 3.05) is 5.32 Å². The van der Waals surface area contributed by atoms with Crippen molar-refractivity contribution in [3.63, 3.8) is 0 Å². The molecule has 1 amide bonds.